The third kappa shape index (κ3) is 4.76. The molecule has 0 aromatic heterocycles. The zero-order valence-electron chi connectivity index (χ0n) is 20.6. The molecule has 1 heteroatoms. The van der Waals surface area contributed by atoms with Gasteiger partial charge in [-0.05, 0) is 85.9 Å². The Labute approximate surface area is 183 Å². The Morgan fingerprint density at radius 2 is 1.66 bits per heavy atom. The van der Waals surface area contributed by atoms with E-state index in [0.29, 0.717) is 16.7 Å². The minimum absolute atomic E-state index is 0. The van der Waals surface area contributed by atoms with E-state index < -0.39 is 0 Å². The third-order valence-corrected chi connectivity index (χ3v) is 8.53. The number of ether oxygens (including phenoxy) is 1. The van der Waals surface area contributed by atoms with Gasteiger partial charge in [0.15, 0.2) is 0 Å². The molecule has 0 spiro atoms. The number of fused-ring (bicyclic) bond motifs is 5. The molecule has 4 aliphatic carbocycles. The van der Waals surface area contributed by atoms with E-state index in [1.807, 2.05) is 13.8 Å². The zero-order valence-corrected chi connectivity index (χ0v) is 20.6. The molecule has 3 fully saturated rings. The first-order valence-corrected chi connectivity index (χ1v) is 12.3. The summed E-state index contributed by atoms with van der Waals surface area (Å²) in [7, 11) is 1.72. The van der Waals surface area contributed by atoms with Crippen molar-refractivity contribution in [2.75, 3.05) is 13.7 Å². The molecule has 168 valence electrons. The number of rotatable bonds is 2. The molecule has 0 saturated heterocycles. The Bertz CT molecular complexity index is 618. The van der Waals surface area contributed by atoms with E-state index in [4.69, 9.17) is 4.74 Å². The van der Waals surface area contributed by atoms with E-state index in [1.165, 1.54) is 56.9 Å². The number of hydrogen-bond donors (Lipinski definition) is 0. The molecule has 1 nitrogen and oxygen atoms in total. The molecule has 0 amide bonds. The van der Waals surface area contributed by atoms with E-state index in [-0.39, 0.29) is 1.43 Å². The van der Waals surface area contributed by atoms with Crippen molar-refractivity contribution in [1.82, 2.24) is 0 Å². The van der Waals surface area contributed by atoms with E-state index in [9.17, 15) is 0 Å². The largest absolute Gasteiger partial charge is 0.384 e. The minimum atomic E-state index is 0. The summed E-state index contributed by atoms with van der Waals surface area (Å²) in [5, 5.41) is 0. The van der Waals surface area contributed by atoms with Crippen molar-refractivity contribution in [1.29, 1.82) is 0 Å². The zero-order chi connectivity index (χ0) is 21.8. The first-order chi connectivity index (χ1) is 13.7. The second-order valence-corrected chi connectivity index (χ2v) is 10.6. The second kappa shape index (κ2) is 9.99. The molecule has 0 bridgehead atoms. The van der Waals surface area contributed by atoms with Gasteiger partial charge in [-0.15, -0.1) is 0 Å². The predicted molar refractivity (Wildman–Crippen MR) is 130 cm³/mol. The van der Waals surface area contributed by atoms with Crippen molar-refractivity contribution >= 4 is 0 Å². The summed E-state index contributed by atoms with van der Waals surface area (Å²) >= 11 is 0. The van der Waals surface area contributed by atoms with E-state index >= 15 is 0 Å². The van der Waals surface area contributed by atoms with E-state index in [2.05, 4.69) is 46.9 Å². The Morgan fingerprint density at radius 1 is 1.00 bits per heavy atom. The Hall–Kier alpha value is -0.820. The van der Waals surface area contributed by atoms with Crippen LogP contribution in [0.2, 0.25) is 0 Å². The van der Waals surface area contributed by atoms with Crippen LogP contribution in [0.25, 0.3) is 0 Å². The molecule has 0 radical (unpaired) electrons. The minimum Gasteiger partial charge on any atom is -0.384 e. The number of methoxy groups -OCH3 is 1. The van der Waals surface area contributed by atoms with Gasteiger partial charge in [0, 0.05) is 15.1 Å². The highest BCUT2D eigenvalue weighted by atomic mass is 16.5. The topological polar surface area (TPSA) is 9.23 Å². The van der Waals surface area contributed by atoms with Crippen molar-refractivity contribution < 1.29 is 6.16 Å². The van der Waals surface area contributed by atoms with Crippen LogP contribution in [0.15, 0.2) is 36.0 Å². The van der Waals surface area contributed by atoms with Crippen LogP contribution in [0.5, 0.6) is 0 Å². The number of hydrogen-bond acceptors (Lipinski definition) is 1. The first kappa shape index (κ1) is 24.4. The molecule has 4 aliphatic rings. The van der Waals surface area contributed by atoms with Crippen LogP contribution in [0.3, 0.4) is 0 Å². The highest BCUT2D eigenvalue weighted by molar-refractivity contribution is 5.34. The van der Waals surface area contributed by atoms with Crippen molar-refractivity contribution in [2.45, 2.75) is 92.9 Å². The van der Waals surface area contributed by atoms with Crippen molar-refractivity contribution in [3.63, 3.8) is 0 Å². The van der Waals surface area contributed by atoms with Crippen LogP contribution in [0, 0.1) is 34.5 Å². The summed E-state index contributed by atoms with van der Waals surface area (Å²) in [6.07, 6.45) is 13.3. The molecule has 4 rings (SSSR count). The summed E-state index contributed by atoms with van der Waals surface area (Å²) < 4.78 is 4.80. The van der Waals surface area contributed by atoms with Gasteiger partial charge in [-0.1, -0.05) is 77.5 Å². The van der Waals surface area contributed by atoms with Crippen molar-refractivity contribution in [3.8, 4) is 0 Å². The maximum atomic E-state index is 4.80. The lowest BCUT2D eigenvalue weighted by molar-refractivity contribution is -0.0236. The summed E-state index contributed by atoms with van der Waals surface area (Å²) in [4.78, 5) is 0. The maximum absolute atomic E-state index is 4.80. The maximum Gasteiger partial charge on any atom is 0.0485 e. The van der Waals surface area contributed by atoms with Crippen LogP contribution in [0.4, 0.5) is 0 Å². The van der Waals surface area contributed by atoms with Gasteiger partial charge in [0.2, 0.25) is 0 Å². The smallest absolute Gasteiger partial charge is 0.0485 e. The van der Waals surface area contributed by atoms with E-state index in [1.54, 1.807) is 18.3 Å². The third-order valence-electron chi connectivity index (χ3n) is 8.53. The average Bonchev–Trinajstić information content (AvgIpc) is 2.99. The van der Waals surface area contributed by atoms with Gasteiger partial charge < -0.3 is 4.74 Å². The Balaban J connectivity index is 0.000000437. The summed E-state index contributed by atoms with van der Waals surface area (Å²) in [5.41, 5.74) is 5.62. The lowest BCUT2D eigenvalue weighted by Gasteiger charge is -2.57. The molecule has 29 heavy (non-hydrogen) atoms. The van der Waals surface area contributed by atoms with Crippen molar-refractivity contribution in [3.05, 3.63) is 36.0 Å². The molecule has 0 N–H and O–H groups in total. The SMILES string of the molecule is C=C1C=C2CCC3C(CC[C@]4(C)C(=C)CCC34)[C@@]2(C)CC1.CC.COCC(C)C.[HH]. The number of allylic oxidation sites excluding steroid dienone is 4. The Morgan fingerprint density at radius 3 is 2.24 bits per heavy atom. The quantitative estimate of drug-likeness (QED) is 0.420. The van der Waals surface area contributed by atoms with Crippen LogP contribution in [0.1, 0.15) is 94.3 Å². The molecule has 0 heterocycles. The van der Waals surface area contributed by atoms with Gasteiger partial charge >= 0.3 is 0 Å². The molecular formula is C28H50O. The lowest BCUT2D eigenvalue weighted by atomic mass is 9.47. The highest BCUT2D eigenvalue weighted by Crippen LogP contribution is 2.66. The molecule has 3 saturated carbocycles. The Kier molecular flexibility index (Phi) is 8.42. The van der Waals surface area contributed by atoms with Gasteiger partial charge in [0.05, 0.1) is 0 Å². The van der Waals surface area contributed by atoms with Crippen LogP contribution >= 0.6 is 0 Å². The van der Waals surface area contributed by atoms with Crippen LogP contribution in [-0.2, 0) is 4.74 Å². The van der Waals surface area contributed by atoms with Crippen molar-refractivity contribution in [2.24, 2.45) is 34.5 Å². The van der Waals surface area contributed by atoms with E-state index in [0.717, 1.165) is 24.4 Å². The van der Waals surface area contributed by atoms with Crippen LogP contribution < -0.4 is 0 Å². The normalized spacial score (nSPS) is 37.9. The molecular weight excluding hydrogens is 352 g/mol. The highest BCUT2D eigenvalue weighted by Gasteiger charge is 2.56. The fraction of sp³-hybridized carbons (Fsp3) is 0.786. The van der Waals surface area contributed by atoms with Gasteiger partial charge in [-0.25, -0.2) is 0 Å². The second-order valence-electron chi connectivity index (χ2n) is 10.6. The monoisotopic (exact) mass is 402 g/mol. The van der Waals surface area contributed by atoms with Crippen LogP contribution in [-0.4, -0.2) is 13.7 Å². The fourth-order valence-electron chi connectivity index (χ4n) is 6.89. The molecule has 0 aromatic rings. The molecule has 0 aliphatic heterocycles. The van der Waals surface area contributed by atoms with Gasteiger partial charge in [-0.3, -0.25) is 0 Å². The molecule has 5 atom stereocenters. The lowest BCUT2D eigenvalue weighted by Crippen LogP contribution is -2.49. The predicted octanol–water partition coefficient (Wildman–Crippen LogP) is 8.62. The molecule has 3 unspecified atom stereocenters. The first-order valence-electron chi connectivity index (χ1n) is 12.3. The average molecular weight is 403 g/mol. The summed E-state index contributed by atoms with van der Waals surface area (Å²) in [6, 6.07) is 0. The standard InChI is InChI=1S/C21H30.C5H12O.C2H6.H2/c1-14-9-11-21(4)16(13-14)6-7-17-18-8-5-15(2)20(18,3)12-10-19(17)21;1-5(2)4-6-3;1-2;/h13,17-19H,1-2,5-12H2,3-4H3;5H,4H2,1-3H3;1-2H3;1H/t17?,18?,19?,20-,21+;;;/m1.../s1. The van der Waals surface area contributed by atoms with Gasteiger partial charge in [-0.2, -0.15) is 0 Å². The van der Waals surface area contributed by atoms with Gasteiger partial charge in [0.25, 0.3) is 0 Å². The molecule has 0 aromatic carbocycles. The summed E-state index contributed by atoms with van der Waals surface area (Å²) in [6.45, 7) is 22.9. The fourth-order valence-corrected chi connectivity index (χ4v) is 6.89. The summed E-state index contributed by atoms with van der Waals surface area (Å²) in [5.74, 6) is 3.48. The van der Waals surface area contributed by atoms with Gasteiger partial charge in [0.1, 0.15) is 0 Å².